The summed E-state index contributed by atoms with van der Waals surface area (Å²) in [5.41, 5.74) is 7.06. The molecule has 2 aromatic heterocycles. The van der Waals surface area contributed by atoms with Crippen molar-refractivity contribution in [3.8, 4) is 0 Å². The van der Waals surface area contributed by atoms with E-state index in [1.165, 1.54) is 5.56 Å². The highest BCUT2D eigenvalue weighted by molar-refractivity contribution is 6.06. The maximum absolute atomic E-state index is 12.7. The van der Waals surface area contributed by atoms with Crippen LogP contribution in [0.25, 0.3) is 21.9 Å². The summed E-state index contributed by atoms with van der Waals surface area (Å²) in [4.78, 5) is 20.5. The van der Waals surface area contributed by atoms with Crippen LogP contribution in [0, 0.1) is 13.8 Å². The molecule has 3 aromatic carbocycles. The van der Waals surface area contributed by atoms with Gasteiger partial charge in [0.2, 0.25) is 5.95 Å². The van der Waals surface area contributed by atoms with E-state index in [-0.39, 0.29) is 5.91 Å². The largest absolute Gasteiger partial charge is 0.326 e. The second kappa shape index (κ2) is 7.04. The van der Waals surface area contributed by atoms with Gasteiger partial charge in [0.25, 0.3) is 5.91 Å². The number of nitrogens with zero attached hydrogens (tertiary/aromatic N) is 2. The first kappa shape index (κ1) is 17.9. The van der Waals surface area contributed by atoms with Crippen LogP contribution in [0.1, 0.15) is 21.5 Å². The Kier molecular flexibility index (Phi) is 4.21. The second-order valence-corrected chi connectivity index (χ2v) is 7.39. The Balaban J connectivity index is 1.38. The summed E-state index contributed by atoms with van der Waals surface area (Å²) in [5, 5.41) is 14.1. The quantitative estimate of drug-likeness (QED) is 0.341. The first-order chi connectivity index (χ1) is 14.5. The molecule has 5 aromatic rings. The maximum atomic E-state index is 12.7. The van der Waals surface area contributed by atoms with Gasteiger partial charge < -0.3 is 15.6 Å². The van der Waals surface area contributed by atoms with Crippen LogP contribution in [0.3, 0.4) is 0 Å². The number of rotatable bonds is 4. The summed E-state index contributed by atoms with van der Waals surface area (Å²) in [6.45, 7) is 4.12. The molecule has 0 atom stereocenters. The number of carbonyl (C=O) groups is 1. The van der Waals surface area contributed by atoms with Gasteiger partial charge in [-0.3, -0.25) is 9.89 Å². The fourth-order valence-electron chi connectivity index (χ4n) is 3.51. The van der Waals surface area contributed by atoms with E-state index in [9.17, 15) is 4.79 Å². The molecule has 0 fully saturated rings. The number of benzene rings is 3. The molecule has 4 N–H and O–H groups in total. The van der Waals surface area contributed by atoms with Gasteiger partial charge in [-0.05, 0) is 61.9 Å². The highest BCUT2D eigenvalue weighted by Crippen LogP contribution is 2.23. The lowest BCUT2D eigenvalue weighted by molar-refractivity contribution is 0.102. The number of H-pyrrole nitrogens is 2. The predicted octanol–water partition coefficient (Wildman–Crippen LogP) is 5.05. The molecule has 0 aliphatic carbocycles. The van der Waals surface area contributed by atoms with E-state index in [1.807, 2.05) is 30.3 Å². The SMILES string of the molecule is Cc1ccc(Nc2nc3ccc(C(=O)Nc4ccc5cn[nH]c5c4)cc3[nH]2)c(C)c1. The molecule has 1 amide bonds. The summed E-state index contributed by atoms with van der Waals surface area (Å²) in [7, 11) is 0. The van der Waals surface area contributed by atoms with Crippen molar-refractivity contribution in [1.29, 1.82) is 0 Å². The Morgan fingerprint density at radius 1 is 0.967 bits per heavy atom. The molecule has 0 unspecified atom stereocenters. The molecule has 0 aliphatic heterocycles. The Labute approximate surface area is 172 Å². The van der Waals surface area contributed by atoms with Gasteiger partial charge in [0.05, 0.1) is 22.7 Å². The molecular weight excluding hydrogens is 376 g/mol. The van der Waals surface area contributed by atoms with Gasteiger partial charge >= 0.3 is 0 Å². The van der Waals surface area contributed by atoms with Crippen LogP contribution in [-0.2, 0) is 0 Å². The molecule has 148 valence electrons. The van der Waals surface area contributed by atoms with Crippen molar-refractivity contribution in [2.75, 3.05) is 10.6 Å². The van der Waals surface area contributed by atoms with Gasteiger partial charge in [0.1, 0.15) is 0 Å². The molecule has 7 heteroatoms. The van der Waals surface area contributed by atoms with Crippen LogP contribution in [0.15, 0.2) is 60.8 Å². The zero-order valence-corrected chi connectivity index (χ0v) is 16.6. The Morgan fingerprint density at radius 2 is 1.87 bits per heavy atom. The van der Waals surface area contributed by atoms with Crippen LogP contribution in [0.5, 0.6) is 0 Å². The summed E-state index contributed by atoms with van der Waals surface area (Å²) >= 11 is 0. The summed E-state index contributed by atoms with van der Waals surface area (Å²) < 4.78 is 0. The van der Waals surface area contributed by atoms with Crippen LogP contribution < -0.4 is 10.6 Å². The molecule has 0 bridgehead atoms. The third kappa shape index (κ3) is 3.37. The Hall–Kier alpha value is -4.13. The van der Waals surface area contributed by atoms with E-state index in [0.29, 0.717) is 17.2 Å². The smallest absolute Gasteiger partial charge is 0.255 e. The van der Waals surface area contributed by atoms with Crippen LogP contribution in [-0.4, -0.2) is 26.1 Å². The number of nitrogens with one attached hydrogen (secondary N) is 4. The number of hydrogen-bond donors (Lipinski definition) is 4. The van der Waals surface area contributed by atoms with E-state index in [4.69, 9.17) is 0 Å². The average molecular weight is 396 g/mol. The van der Waals surface area contributed by atoms with E-state index >= 15 is 0 Å². The first-order valence-electron chi connectivity index (χ1n) is 9.64. The zero-order chi connectivity index (χ0) is 20.7. The molecule has 0 radical (unpaired) electrons. The Morgan fingerprint density at radius 3 is 2.73 bits per heavy atom. The topological polar surface area (TPSA) is 98.5 Å². The second-order valence-electron chi connectivity index (χ2n) is 7.39. The minimum absolute atomic E-state index is 0.186. The van der Waals surface area contributed by atoms with Crippen molar-refractivity contribution in [3.63, 3.8) is 0 Å². The Bertz CT molecular complexity index is 1400. The van der Waals surface area contributed by atoms with Gasteiger partial charge in [-0.25, -0.2) is 4.98 Å². The molecule has 30 heavy (non-hydrogen) atoms. The van der Waals surface area contributed by atoms with Crippen LogP contribution >= 0.6 is 0 Å². The van der Waals surface area contributed by atoms with E-state index < -0.39 is 0 Å². The predicted molar refractivity (Wildman–Crippen MR) is 119 cm³/mol. The van der Waals surface area contributed by atoms with Gasteiger partial charge in [0.15, 0.2) is 0 Å². The number of aromatic amines is 2. The molecule has 7 nitrogen and oxygen atoms in total. The van der Waals surface area contributed by atoms with Crippen LogP contribution in [0.4, 0.5) is 17.3 Å². The van der Waals surface area contributed by atoms with E-state index in [1.54, 1.807) is 18.3 Å². The number of carbonyl (C=O) groups excluding carboxylic acids is 1. The fourth-order valence-corrected chi connectivity index (χ4v) is 3.51. The molecular formula is C23H20N6O. The molecule has 2 heterocycles. The minimum atomic E-state index is -0.186. The number of aryl methyl sites for hydroxylation is 2. The highest BCUT2D eigenvalue weighted by Gasteiger charge is 2.11. The van der Waals surface area contributed by atoms with Gasteiger partial charge in [-0.2, -0.15) is 5.10 Å². The molecule has 5 rings (SSSR count). The number of aromatic nitrogens is 4. The number of amides is 1. The lowest BCUT2D eigenvalue weighted by Gasteiger charge is -2.07. The number of imidazole rings is 1. The van der Waals surface area contributed by atoms with Gasteiger partial charge in [-0.1, -0.05) is 17.7 Å². The van der Waals surface area contributed by atoms with Crippen molar-refractivity contribution < 1.29 is 4.79 Å². The standard InChI is InChI=1S/C23H20N6O/c1-13-3-7-18(14(2)9-13)26-23-27-19-8-5-15(10-21(19)28-23)22(30)25-17-6-4-16-12-24-29-20(16)11-17/h3-12H,1-2H3,(H,24,29)(H,25,30)(H2,26,27,28). The molecule has 0 saturated heterocycles. The minimum Gasteiger partial charge on any atom is -0.326 e. The number of anilines is 3. The van der Waals surface area contributed by atoms with Crippen molar-refractivity contribution in [1.82, 2.24) is 20.2 Å². The van der Waals surface area contributed by atoms with Crippen molar-refractivity contribution in [3.05, 3.63) is 77.5 Å². The summed E-state index contributed by atoms with van der Waals surface area (Å²) in [6.07, 6.45) is 1.75. The normalized spacial score (nSPS) is 11.1. The van der Waals surface area contributed by atoms with E-state index in [0.717, 1.165) is 33.2 Å². The molecule has 0 saturated carbocycles. The maximum Gasteiger partial charge on any atom is 0.255 e. The number of fused-ring (bicyclic) bond motifs is 2. The van der Waals surface area contributed by atoms with Crippen LogP contribution in [0.2, 0.25) is 0 Å². The van der Waals surface area contributed by atoms with Crippen molar-refractivity contribution in [2.45, 2.75) is 13.8 Å². The monoisotopic (exact) mass is 396 g/mol. The molecule has 0 aliphatic rings. The highest BCUT2D eigenvalue weighted by atomic mass is 16.1. The third-order valence-electron chi connectivity index (χ3n) is 5.08. The fraction of sp³-hybridized carbons (Fsp3) is 0.0870. The van der Waals surface area contributed by atoms with Crippen molar-refractivity contribution >= 4 is 45.2 Å². The third-order valence-corrected chi connectivity index (χ3v) is 5.08. The van der Waals surface area contributed by atoms with Crippen molar-refractivity contribution in [2.24, 2.45) is 0 Å². The summed E-state index contributed by atoms with van der Waals surface area (Å²) in [5.74, 6) is 0.452. The van der Waals surface area contributed by atoms with E-state index in [2.05, 4.69) is 56.8 Å². The van der Waals surface area contributed by atoms with Gasteiger partial charge in [-0.15, -0.1) is 0 Å². The summed E-state index contributed by atoms with van der Waals surface area (Å²) in [6, 6.07) is 17.3. The van der Waals surface area contributed by atoms with Gasteiger partial charge in [0, 0.05) is 22.3 Å². The average Bonchev–Trinajstić information content (AvgIpc) is 3.35. The number of hydrogen-bond acceptors (Lipinski definition) is 4. The lowest BCUT2D eigenvalue weighted by atomic mass is 10.1. The zero-order valence-electron chi connectivity index (χ0n) is 16.6. The lowest BCUT2D eigenvalue weighted by Crippen LogP contribution is -2.11. The molecule has 0 spiro atoms. The first-order valence-corrected chi connectivity index (χ1v) is 9.64.